The standard InChI is InChI=1S/C16H17BrN4OS2/c1-9(2)20-15(22)11(8-18)13(14-12(17)4-6-23-14)21-10(3)16-19-5-7-24-16/h4-7,9-10,21H,1-3H3,(H,20,22)/b13-11-. The van der Waals surface area contributed by atoms with Gasteiger partial charge in [0, 0.05) is 22.1 Å². The van der Waals surface area contributed by atoms with E-state index in [9.17, 15) is 10.1 Å². The van der Waals surface area contributed by atoms with Crippen LogP contribution >= 0.6 is 38.6 Å². The monoisotopic (exact) mass is 424 g/mol. The number of halogens is 1. The van der Waals surface area contributed by atoms with Crippen molar-refractivity contribution in [3.05, 3.63) is 43.0 Å². The molecular formula is C16H17BrN4OS2. The first-order valence-corrected chi connectivity index (χ1v) is 9.83. The van der Waals surface area contributed by atoms with Crippen LogP contribution in [-0.2, 0) is 4.79 Å². The molecule has 1 unspecified atom stereocenters. The summed E-state index contributed by atoms with van der Waals surface area (Å²) >= 11 is 6.47. The highest BCUT2D eigenvalue weighted by Gasteiger charge is 2.22. The Hall–Kier alpha value is -1.69. The fourth-order valence-corrected chi connectivity index (χ4v) is 4.24. The lowest BCUT2D eigenvalue weighted by atomic mass is 10.1. The second kappa shape index (κ2) is 8.42. The Bertz CT molecular complexity index is 774. The summed E-state index contributed by atoms with van der Waals surface area (Å²) < 4.78 is 0.839. The number of rotatable bonds is 6. The summed E-state index contributed by atoms with van der Waals surface area (Å²) in [4.78, 5) is 17.6. The highest BCUT2D eigenvalue weighted by molar-refractivity contribution is 9.10. The van der Waals surface area contributed by atoms with Crippen LogP contribution < -0.4 is 10.6 Å². The number of amides is 1. The smallest absolute Gasteiger partial charge is 0.264 e. The summed E-state index contributed by atoms with van der Waals surface area (Å²) in [5.74, 6) is -0.387. The SMILES string of the molecule is CC(C)NC(=O)/C(C#N)=C(\NC(C)c1nccs1)c1sccc1Br. The third-order valence-electron chi connectivity index (χ3n) is 3.04. The first-order valence-electron chi connectivity index (χ1n) is 7.28. The van der Waals surface area contributed by atoms with E-state index in [1.165, 1.54) is 22.7 Å². The maximum atomic E-state index is 12.4. The van der Waals surface area contributed by atoms with Crippen molar-refractivity contribution < 1.29 is 4.79 Å². The molecule has 0 aromatic carbocycles. The van der Waals surface area contributed by atoms with Crippen molar-refractivity contribution in [3.8, 4) is 6.07 Å². The maximum Gasteiger partial charge on any atom is 0.264 e. The number of nitrogens with zero attached hydrogens (tertiary/aromatic N) is 2. The van der Waals surface area contributed by atoms with E-state index in [0.717, 1.165) is 14.4 Å². The summed E-state index contributed by atoms with van der Waals surface area (Å²) in [5, 5.41) is 20.3. The molecule has 8 heteroatoms. The van der Waals surface area contributed by atoms with Crippen LogP contribution in [0.2, 0.25) is 0 Å². The van der Waals surface area contributed by atoms with Gasteiger partial charge < -0.3 is 10.6 Å². The Kier molecular flexibility index (Phi) is 6.54. The molecule has 0 saturated heterocycles. The minimum absolute atomic E-state index is 0.0507. The number of thiophene rings is 1. The van der Waals surface area contributed by atoms with Crippen LogP contribution in [0.15, 0.2) is 33.1 Å². The fourth-order valence-electron chi connectivity index (χ4n) is 2.00. The lowest BCUT2D eigenvalue weighted by Crippen LogP contribution is -2.33. The van der Waals surface area contributed by atoms with Gasteiger partial charge in [0.15, 0.2) is 0 Å². The van der Waals surface area contributed by atoms with Crippen LogP contribution in [0, 0.1) is 11.3 Å². The van der Waals surface area contributed by atoms with E-state index in [1.807, 2.05) is 43.7 Å². The van der Waals surface area contributed by atoms with Crippen LogP contribution in [0.5, 0.6) is 0 Å². The van der Waals surface area contributed by atoms with Gasteiger partial charge in [0.05, 0.1) is 16.6 Å². The predicted molar refractivity (Wildman–Crippen MR) is 101 cm³/mol. The van der Waals surface area contributed by atoms with Gasteiger partial charge in [0.25, 0.3) is 5.91 Å². The fraction of sp³-hybridized carbons (Fsp3) is 0.312. The molecule has 0 spiro atoms. The van der Waals surface area contributed by atoms with Crippen molar-refractivity contribution in [1.29, 1.82) is 5.26 Å². The molecule has 0 aliphatic rings. The zero-order chi connectivity index (χ0) is 17.7. The van der Waals surface area contributed by atoms with Crippen LogP contribution in [0.4, 0.5) is 0 Å². The highest BCUT2D eigenvalue weighted by atomic mass is 79.9. The molecule has 2 aromatic heterocycles. The molecule has 0 saturated carbocycles. The predicted octanol–water partition coefficient (Wildman–Crippen LogP) is 4.08. The molecule has 1 amide bonds. The molecule has 0 fully saturated rings. The third-order valence-corrected chi connectivity index (χ3v) is 5.85. The molecule has 0 bridgehead atoms. The molecular weight excluding hydrogens is 408 g/mol. The van der Waals surface area contributed by atoms with Crippen molar-refractivity contribution in [2.45, 2.75) is 32.9 Å². The van der Waals surface area contributed by atoms with Crippen LogP contribution in [0.25, 0.3) is 5.70 Å². The molecule has 0 radical (unpaired) electrons. The average Bonchev–Trinajstić information content (AvgIpc) is 3.17. The first kappa shape index (κ1) is 18.6. The number of nitrogens with one attached hydrogen (secondary N) is 2. The van der Waals surface area contributed by atoms with E-state index in [2.05, 4.69) is 31.5 Å². The Morgan fingerprint density at radius 3 is 2.54 bits per heavy atom. The van der Waals surface area contributed by atoms with Gasteiger partial charge in [-0.1, -0.05) is 0 Å². The number of nitriles is 1. The molecule has 2 rings (SSSR count). The molecule has 0 aliphatic heterocycles. The number of hydrogen-bond donors (Lipinski definition) is 2. The lowest BCUT2D eigenvalue weighted by Gasteiger charge is -2.18. The summed E-state index contributed by atoms with van der Waals surface area (Å²) in [7, 11) is 0. The van der Waals surface area contributed by atoms with E-state index < -0.39 is 0 Å². The molecule has 1 atom stereocenters. The van der Waals surface area contributed by atoms with E-state index in [1.54, 1.807) is 6.20 Å². The number of hydrogen-bond acceptors (Lipinski definition) is 6. The number of carbonyl (C=O) groups is 1. The molecule has 0 aliphatic carbocycles. The quantitative estimate of drug-likeness (QED) is 0.540. The van der Waals surface area contributed by atoms with Crippen molar-refractivity contribution in [2.24, 2.45) is 0 Å². The third kappa shape index (κ3) is 4.44. The second-order valence-corrected chi connectivity index (χ2v) is 8.02. The van der Waals surface area contributed by atoms with E-state index in [-0.39, 0.29) is 23.6 Å². The van der Waals surface area contributed by atoms with E-state index in [0.29, 0.717) is 5.70 Å². The van der Waals surface area contributed by atoms with Crippen LogP contribution in [0.1, 0.15) is 36.7 Å². The average molecular weight is 425 g/mol. The van der Waals surface area contributed by atoms with Crippen molar-refractivity contribution in [1.82, 2.24) is 15.6 Å². The molecule has 5 nitrogen and oxygen atoms in total. The van der Waals surface area contributed by atoms with Gasteiger partial charge >= 0.3 is 0 Å². The topological polar surface area (TPSA) is 77.8 Å². The molecule has 24 heavy (non-hydrogen) atoms. The normalized spacial score (nSPS) is 13.2. The molecule has 2 N–H and O–H groups in total. The summed E-state index contributed by atoms with van der Waals surface area (Å²) in [5.41, 5.74) is 0.579. The lowest BCUT2D eigenvalue weighted by molar-refractivity contribution is -0.117. The summed E-state index contributed by atoms with van der Waals surface area (Å²) in [6.07, 6.45) is 1.74. The van der Waals surface area contributed by atoms with Gasteiger partial charge in [-0.05, 0) is 48.1 Å². The van der Waals surface area contributed by atoms with Gasteiger partial charge in [-0.15, -0.1) is 22.7 Å². The minimum Gasteiger partial charge on any atom is -0.374 e. The molecule has 2 aromatic rings. The van der Waals surface area contributed by atoms with Crippen molar-refractivity contribution in [3.63, 3.8) is 0 Å². The minimum atomic E-state index is -0.387. The summed E-state index contributed by atoms with van der Waals surface area (Å²) in [6, 6.07) is 3.77. The van der Waals surface area contributed by atoms with Gasteiger partial charge in [-0.25, -0.2) is 4.98 Å². The first-order chi connectivity index (χ1) is 11.4. The number of carbonyl (C=O) groups excluding carboxylic acids is 1. The van der Waals surface area contributed by atoms with Gasteiger partial charge in [-0.3, -0.25) is 4.79 Å². The Morgan fingerprint density at radius 1 is 1.29 bits per heavy atom. The van der Waals surface area contributed by atoms with Gasteiger partial charge in [0.2, 0.25) is 0 Å². The van der Waals surface area contributed by atoms with Gasteiger partial charge in [0.1, 0.15) is 16.6 Å². The van der Waals surface area contributed by atoms with E-state index in [4.69, 9.17) is 0 Å². The van der Waals surface area contributed by atoms with Gasteiger partial charge in [-0.2, -0.15) is 5.26 Å². The maximum absolute atomic E-state index is 12.4. The number of thiazole rings is 1. The van der Waals surface area contributed by atoms with Crippen LogP contribution in [0.3, 0.4) is 0 Å². The molecule has 126 valence electrons. The zero-order valence-corrected chi connectivity index (χ0v) is 16.7. The van der Waals surface area contributed by atoms with Crippen molar-refractivity contribution >= 4 is 50.2 Å². The Balaban J connectivity index is 2.46. The second-order valence-electron chi connectivity index (χ2n) is 5.32. The van der Waals surface area contributed by atoms with E-state index >= 15 is 0 Å². The Morgan fingerprint density at radius 2 is 2.04 bits per heavy atom. The number of aromatic nitrogens is 1. The Labute approximate surface area is 157 Å². The zero-order valence-electron chi connectivity index (χ0n) is 13.5. The van der Waals surface area contributed by atoms with Crippen molar-refractivity contribution in [2.75, 3.05) is 0 Å². The highest BCUT2D eigenvalue weighted by Crippen LogP contribution is 2.32. The summed E-state index contributed by atoms with van der Waals surface area (Å²) in [6.45, 7) is 5.67. The molecule has 2 heterocycles. The largest absolute Gasteiger partial charge is 0.374 e. The van der Waals surface area contributed by atoms with Crippen LogP contribution in [-0.4, -0.2) is 16.9 Å².